The van der Waals surface area contributed by atoms with Gasteiger partial charge in [-0.05, 0) is 38.0 Å². The number of aromatic nitrogens is 2. The topological polar surface area (TPSA) is 75.6 Å². The lowest BCUT2D eigenvalue weighted by molar-refractivity contribution is -0.143. The molecule has 2 saturated heterocycles. The van der Waals surface area contributed by atoms with Gasteiger partial charge in [0.15, 0.2) is 0 Å². The number of rotatable bonds is 2. The lowest BCUT2D eigenvalue weighted by Gasteiger charge is -2.46. The Morgan fingerprint density at radius 3 is 2.59 bits per heavy atom. The highest BCUT2D eigenvalue weighted by Gasteiger charge is 2.43. The number of hydrogen-bond donors (Lipinski definition) is 0. The van der Waals surface area contributed by atoms with E-state index in [0.717, 1.165) is 5.69 Å². The minimum Gasteiger partial charge on any atom is -0.363 e. The number of likely N-dealkylation sites (tertiary alicyclic amines) is 1. The van der Waals surface area contributed by atoms with Gasteiger partial charge in [-0.15, -0.1) is 0 Å². The van der Waals surface area contributed by atoms with Crippen molar-refractivity contribution in [3.05, 3.63) is 54.1 Å². The summed E-state index contributed by atoms with van der Waals surface area (Å²) >= 11 is 0. The van der Waals surface area contributed by atoms with Crippen molar-refractivity contribution in [1.82, 2.24) is 14.9 Å². The fraction of sp³-hybridized carbons (Fsp3) is 0.400. The molecule has 3 heterocycles. The second-order valence-corrected chi connectivity index (χ2v) is 7.07. The molecule has 0 atom stereocenters. The largest absolute Gasteiger partial charge is 0.363 e. The molecule has 2 fully saturated rings. The third-order valence-electron chi connectivity index (χ3n) is 5.27. The van der Waals surface area contributed by atoms with Gasteiger partial charge in [0.05, 0.1) is 12.1 Å². The van der Waals surface area contributed by atoms with Gasteiger partial charge in [0.25, 0.3) is 11.8 Å². The average Bonchev–Trinajstić information content (AvgIpc) is 2.71. The van der Waals surface area contributed by atoms with Crippen molar-refractivity contribution in [2.24, 2.45) is 0 Å². The van der Waals surface area contributed by atoms with Crippen LogP contribution in [0.15, 0.2) is 42.6 Å². The third kappa shape index (κ3) is 3.55. The number of morpholine rings is 1. The van der Waals surface area contributed by atoms with E-state index < -0.39 is 5.60 Å². The molecular weight excluding hydrogens is 344 g/mol. The molecule has 7 heteroatoms. The molecule has 0 saturated carbocycles. The van der Waals surface area contributed by atoms with E-state index in [1.807, 2.05) is 30.3 Å². The lowest BCUT2D eigenvalue weighted by atomic mass is 9.89. The highest BCUT2D eigenvalue weighted by Crippen LogP contribution is 2.33. The summed E-state index contributed by atoms with van der Waals surface area (Å²) in [6.45, 7) is 3.53. The van der Waals surface area contributed by atoms with E-state index in [9.17, 15) is 9.59 Å². The van der Waals surface area contributed by atoms with Gasteiger partial charge in [-0.2, -0.15) is 0 Å². The van der Waals surface area contributed by atoms with Gasteiger partial charge in [-0.3, -0.25) is 9.59 Å². The molecule has 2 aromatic rings. The zero-order chi connectivity index (χ0) is 18.9. The normalized spacial score (nSPS) is 19.4. The number of anilines is 1. The molecule has 0 aliphatic carbocycles. The van der Waals surface area contributed by atoms with Crippen molar-refractivity contribution in [2.45, 2.75) is 25.4 Å². The first kappa shape index (κ1) is 17.6. The van der Waals surface area contributed by atoms with Gasteiger partial charge in [-0.25, -0.2) is 9.97 Å². The minimum atomic E-state index is -0.401. The number of aryl methyl sites for hydroxylation is 1. The molecule has 0 N–H and O–H groups in total. The van der Waals surface area contributed by atoms with Crippen molar-refractivity contribution >= 4 is 17.5 Å². The summed E-state index contributed by atoms with van der Waals surface area (Å²) in [6.07, 6.45) is 2.99. The smallest absolute Gasteiger partial charge is 0.272 e. The first-order valence-electron chi connectivity index (χ1n) is 9.15. The van der Waals surface area contributed by atoms with Crippen LogP contribution >= 0.6 is 0 Å². The Morgan fingerprint density at radius 2 is 1.89 bits per heavy atom. The molecule has 1 aromatic heterocycles. The number of benzene rings is 1. The highest BCUT2D eigenvalue weighted by molar-refractivity contribution is 5.95. The van der Waals surface area contributed by atoms with Gasteiger partial charge in [0.1, 0.15) is 18.1 Å². The van der Waals surface area contributed by atoms with Crippen molar-refractivity contribution in [3.63, 3.8) is 0 Å². The SMILES string of the molecule is Cc1nccc(C(=O)N2CCC3(CC2)CN(c2ccccc2)C(=O)CO3)n1. The van der Waals surface area contributed by atoms with Crippen molar-refractivity contribution < 1.29 is 14.3 Å². The molecular formula is C20H22N4O3. The van der Waals surface area contributed by atoms with Crippen LogP contribution in [0.1, 0.15) is 29.2 Å². The number of amides is 2. The van der Waals surface area contributed by atoms with E-state index in [4.69, 9.17) is 4.74 Å². The molecule has 1 spiro atoms. The second kappa shape index (κ2) is 7.08. The molecule has 27 heavy (non-hydrogen) atoms. The van der Waals surface area contributed by atoms with Gasteiger partial charge in [-0.1, -0.05) is 18.2 Å². The van der Waals surface area contributed by atoms with E-state index in [-0.39, 0.29) is 18.4 Å². The Bertz CT molecular complexity index is 847. The summed E-state index contributed by atoms with van der Waals surface area (Å²) in [5.74, 6) is 0.478. The van der Waals surface area contributed by atoms with E-state index in [2.05, 4.69) is 9.97 Å². The average molecular weight is 366 g/mol. The number of piperidine rings is 1. The van der Waals surface area contributed by atoms with E-state index in [0.29, 0.717) is 44.0 Å². The van der Waals surface area contributed by atoms with Gasteiger partial charge < -0.3 is 14.5 Å². The van der Waals surface area contributed by atoms with Crippen LogP contribution in [0.4, 0.5) is 5.69 Å². The van der Waals surface area contributed by atoms with Crippen LogP contribution in [-0.4, -0.2) is 58.5 Å². The maximum Gasteiger partial charge on any atom is 0.272 e. The Balaban J connectivity index is 1.45. The molecule has 140 valence electrons. The molecule has 0 unspecified atom stereocenters. The van der Waals surface area contributed by atoms with Gasteiger partial charge >= 0.3 is 0 Å². The third-order valence-corrected chi connectivity index (χ3v) is 5.27. The first-order chi connectivity index (χ1) is 13.1. The van der Waals surface area contributed by atoms with E-state index in [1.165, 1.54) is 0 Å². The number of carbonyl (C=O) groups is 2. The second-order valence-electron chi connectivity index (χ2n) is 7.07. The standard InChI is InChI=1S/C20H22N4O3/c1-15-21-10-7-17(22-15)19(26)23-11-8-20(9-12-23)14-24(18(25)13-27-20)16-5-3-2-4-6-16/h2-7,10H,8-9,11-14H2,1H3. The summed E-state index contributed by atoms with van der Waals surface area (Å²) in [6, 6.07) is 11.3. The zero-order valence-electron chi connectivity index (χ0n) is 15.3. The van der Waals surface area contributed by atoms with Crippen LogP contribution in [-0.2, 0) is 9.53 Å². The Kier molecular flexibility index (Phi) is 4.61. The van der Waals surface area contributed by atoms with E-state index in [1.54, 1.807) is 29.0 Å². The van der Waals surface area contributed by atoms with Crippen LogP contribution in [0.5, 0.6) is 0 Å². The van der Waals surface area contributed by atoms with Crippen LogP contribution in [0, 0.1) is 6.92 Å². The summed E-state index contributed by atoms with van der Waals surface area (Å²) in [5.41, 5.74) is 0.909. The maximum atomic E-state index is 12.7. The maximum absolute atomic E-state index is 12.7. The zero-order valence-corrected chi connectivity index (χ0v) is 15.3. The Hall–Kier alpha value is -2.80. The number of para-hydroxylation sites is 1. The van der Waals surface area contributed by atoms with E-state index >= 15 is 0 Å². The fourth-order valence-electron chi connectivity index (χ4n) is 3.72. The lowest BCUT2D eigenvalue weighted by Crippen LogP contribution is -2.59. The molecule has 0 radical (unpaired) electrons. The molecule has 2 aliphatic rings. The number of hydrogen-bond acceptors (Lipinski definition) is 5. The molecule has 2 aliphatic heterocycles. The molecule has 2 amide bonds. The predicted molar refractivity (Wildman–Crippen MR) is 99.4 cm³/mol. The monoisotopic (exact) mass is 366 g/mol. The molecule has 4 rings (SSSR count). The fourth-order valence-corrected chi connectivity index (χ4v) is 3.72. The van der Waals surface area contributed by atoms with Crippen LogP contribution < -0.4 is 4.90 Å². The van der Waals surface area contributed by atoms with Crippen LogP contribution in [0.2, 0.25) is 0 Å². The number of nitrogens with zero attached hydrogens (tertiary/aromatic N) is 4. The summed E-state index contributed by atoms with van der Waals surface area (Å²) in [7, 11) is 0. The van der Waals surface area contributed by atoms with Crippen LogP contribution in [0.3, 0.4) is 0 Å². The predicted octanol–water partition coefficient (Wildman–Crippen LogP) is 1.82. The van der Waals surface area contributed by atoms with Crippen LogP contribution in [0.25, 0.3) is 0 Å². The Labute approximate surface area is 158 Å². The number of ether oxygens (including phenoxy) is 1. The van der Waals surface area contributed by atoms with Gasteiger partial charge in [0.2, 0.25) is 0 Å². The quantitative estimate of drug-likeness (QED) is 0.810. The molecule has 0 bridgehead atoms. The van der Waals surface area contributed by atoms with Crippen molar-refractivity contribution in [1.29, 1.82) is 0 Å². The summed E-state index contributed by atoms with van der Waals surface area (Å²) in [5, 5.41) is 0. The summed E-state index contributed by atoms with van der Waals surface area (Å²) in [4.78, 5) is 36.9. The van der Waals surface area contributed by atoms with Crippen molar-refractivity contribution in [3.8, 4) is 0 Å². The van der Waals surface area contributed by atoms with Crippen molar-refractivity contribution in [2.75, 3.05) is 31.1 Å². The Morgan fingerprint density at radius 1 is 1.15 bits per heavy atom. The number of carbonyl (C=O) groups excluding carboxylic acids is 2. The first-order valence-corrected chi connectivity index (χ1v) is 9.15. The summed E-state index contributed by atoms with van der Waals surface area (Å²) < 4.78 is 5.97. The minimum absolute atomic E-state index is 0.0261. The molecule has 7 nitrogen and oxygen atoms in total. The molecule has 1 aromatic carbocycles. The highest BCUT2D eigenvalue weighted by atomic mass is 16.5. The van der Waals surface area contributed by atoms with Gasteiger partial charge in [0, 0.05) is 25.0 Å².